The fraction of sp³-hybridized carbons (Fsp3) is 0.235. The summed E-state index contributed by atoms with van der Waals surface area (Å²) in [5, 5.41) is 0.128. The molecule has 25 heavy (non-hydrogen) atoms. The monoisotopic (exact) mass is 382 g/mol. The molecule has 1 N–H and O–H groups in total. The van der Waals surface area contributed by atoms with Crippen LogP contribution in [0.15, 0.2) is 47.4 Å². The Hall–Kier alpha value is -1.96. The van der Waals surface area contributed by atoms with Crippen LogP contribution in [-0.2, 0) is 21.4 Å². The van der Waals surface area contributed by atoms with Gasteiger partial charge >= 0.3 is 0 Å². The van der Waals surface area contributed by atoms with Gasteiger partial charge in [0.2, 0.25) is 15.9 Å². The van der Waals surface area contributed by atoms with Crippen LogP contribution in [0.3, 0.4) is 0 Å². The average Bonchev–Trinajstić information content (AvgIpc) is 2.99. The van der Waals surface area contributed by atoms with Gasteiger partial charge < -0.3 is 4.90 Å². The summed E-state index contributed by atoms with van der Waals surface area (Å²) in [5.41, 5.74) is 1.49. The van der Waals surface area contributed by atoms with Gasteiger partial charge in [-0.2, -0.15) is 0 Å². The van der Waals surface area contributed by atoms with Crippen molar-refractivity contribution >= 4 is 33.2 Å². The van der Waals surface area contributed by atoms with Gasteiger partial charge in [0.15, 0.2) is 0 Å². The Morgan fingerprint density at radius 3 is 2.48 bits per heavy atom. The van der Waals surface area contributed by atoms with Gasteiger partial charge in [-0.3, -0.25) is 4.79 Å². The van der Waals surface area contributed by atoms with Crippen molar-refractivity contribution < 1.29 is 17.6 Å². The minimum Gasteiger partial charge on any atom is -0.312 e. The first-order valence-electron chi connectivity index (χ1n) is 7.71. The first kappa shape index (κ1) is 17.8. The third kappa shape index (κ3) is 4.00. The van der Waals surface area contributed by atoms with Crippen molar-refractivity contribution in [3.05, 3.63) is 58.9 Å². The lowest BCUT2D eigenvalue weighted by Crippen LogP contribution is -2.25. The lowest BCUT2D eigenvalue weighted by molar-refractivity contribution is -0.117. The number of nitrogens with one attached hydrogen (secondary N) is 1. The van der Waals surface area contributed by atoms with Crippen LogP contribution in [0.2, 0.25) is 5.02 Å². The van der Waals surface area contributed by atoms with Gasteiger partial charge in [0.05, 0.1) is 0 Å². The molecule has 0 unspecified atom stereocenters. The number of amides is 1. The highest BCUT2D eigenvalue weighted by Gasteiger charge is 2.22. The molecule has 0 atom stereocenters. The van der Waals surface area contributed by atoms with Crippen LogP contribution in [0.25, 0.3) is 0 Å². The van der Waals surface area contributed by atoms with Gasteiger partial charge in [0.25, 0.3) is 0 Å². The molecule has 1 amide bonds. The van der Waals surface area contributed by atoms with Crippen LogP contribution in [0.1, 0.15) is 18.4 Å². The van der Waals surface area contributed by atoms with Crippen molar-refractivity contribution in [3.63, 3.8) is 0 Å². The quantitative estimate of drug-likeness (QED) is 0.864. The maximum Gasteiger partial charge on any atom is 0.243 e. The highest BCUT2D eigenvalue weighted by molar-refractivity contribution is 7.89. The molecular weight excluding hydrogens is 367 g/mol. The molecule has 0 bridgehead atoms. The molecule has 1 fully saturated rings. The molecule has 1 aliphatic rings. The van der Waals surface area contributed by atoms with E-state index >= 15 is 0 Å². The minimum absolute atomic E-state index is 0.0125. The highest BCUT2D eigenvalue weighted by Crippen LogP contribution is 2.22. The number of anilines is 1. The maximum absolute atomic E-state index is 13.8. The number of nitrogens with zero attached hydrogens (tertiary/aromatic N) is 1. The number of benzene rings is 2. The second-order valence-corrected chi connectivity index (χ2v) is 7.89. The van der Waals surface area contributed by atoms with E-state index in [0.717, 1.165) is 24.2 Å². The molecule has 8 heteroatoms. The van der Waals surface area contributed by atoms with E-state index in [4.69, 9.17) is 11.6 Å². The van der Waals surface area contributed by atoms with Gasteiger partial charge in [-0.25, -0.2) is 17.5 Å². The molecule has 0 radical (unpaired) electrons. The number of hydrogen-bond donors (Lipinski definition) is 1. The van der Waals surface area contributed by atoms with Crippen LogP contribution in [0.4, 0.5) is 10.1 Å². The summed E-state index contributed by atoms with van der Waals surface area (Å²) in [6.07, 6.45) is 1.39. The Balaban J connectivity index is 1.69. The van der Waals surface area contributed by atoms with E-state index in [1.54, 1.807) is 29.2 Å². The van der Waals surface area contributed by atoms with Crippen molar-refractivity contribution in [1.29, 1.82) is 0 Å². The summed E-state index contributed by atoms with van der Waals surface area (Å²) in [5.74, 6) is -0.811. The zero-order valence-corrected chi connectivity index (χ0v) is 14.8. The summed E-state index contributed by atoms with van der Waals surface area (Å²) in [4.78, 5) is 13.0. The largest absolute Gasteiger partial charge is 0.312 e. The summed E-state index contributed by atoms with van der Waals surface area (Å²) in [7, 11) is -3.99. The van der Waals surface area contributed by atoms with Crippen molar-refractivity contribution in [3.8, 4) is 0 Å². The first-order chi connectivity index (χ1) is 11.9. The predicted octanol–water partition coefficient (Wildman–Crippen LogP) is 3.08. The van der Waals surface area contributed by atoms with E-state index in [1.165, 1.54) is 6.07 Å². The average molecular weight is 383 g/mol. The topological polar surface area (TPSA) is 66.5 Å². The summed E-state index contributed by atoms with van der Waals surface area (Å²) in [6.45, 7) is 0.708. The second-order valence-electron chi connectivity index (χ2n) is 5.71. The van der Waals surface area contributed by atoms with Gasteiger partial charge in [-0.05, 0) is 42.3 Å². The minimum atomic E-state index is -3.99. The van der Waals surface area contributed by atoms with Crippen molar-refractivity contribution in [2.45, 2.75) is 24.3 Å². The zero-order valence-electron chi connectivity index (χ0n) is 13.2. The Kier molecular flexibility index (Phi) is 5.08. The number of sulfonamides is 1. The molecule has 0 aliphatic carbocycles. The molecule has 1 heterocycles. The molecule has 132 valence electrons. The number of carbonyl (C=O) groups is 1. The summed E-state index contributed by atoms with van der Waals surface area (Å²) < 4.78 is 40.6. The van der Waals surface area contributed by atoms with Crippen LogP contribution >= 0.6 is 11.6 Å². The maximum atomic E-state index is 13.8. The van der Waals surface area contributed by atoms with E-state index in [0.29, 0.717) is 18.5 Å². The van der Waals surface area contributed by atoms with Gasteiger partial charge in [0, 0.05) is 30.2 Å². The standard InChI is InChI=1S/C17H16ClFN2O3S/c18-13-5-8-16(15(19)10-13)25(23,24)20-11-12-3-6-14(7-4-12)21-9-1-2-17(21)22/h3-8,10,20H,1-2,9,11H2. The van der Waals surface area contributed by atoms with Crippen LogP contribution in [0.5, 0.6) is 0 Å². The van der Waals surface area contributed by atoms with Crippen molar-refractivity contribution in [2.75, 3.05) is 11.4 Å². The van der Waals surface area contributed by atoms with Crippen LogP contribution < -0.4 is 9.62 Å². The van der Waals surface area contributed by atoms with Crippen molar-refractivity contribution in [2.24, 2.45) is 0 Å². The molecule has 1 aliphatic heterocycles. The Bertz CT molecular complexity index is 901. The van der Waals surface area contributed by atoms with Gasteiger partial charge in [0.1, 0.15) is 10.7 Å². The van der Waals surface area contributed by atoms with E-state index in [1.807, 2.05) is 0 Å². The molecule has 3 rings (SSSR count). The predicted molar refractivity (Wildman–Crippen MR) is 93.5 cm³/mol. The fourth-order valence-electron chi connectivity index (χ4n) is 2.66. The molecule has 0 aromatic heterocycles. The normalized spacial score (nSPS) is 15.0. The molecule has 0 spiro atoms. The fourth-order valence-corrected chi connectivity index (χ4v) is 3.90. The van der Waals surface area contributed by atoms with Crippen LogP contribution in [0, 0.1) is 5.82 Å². The third-order valence-electron chi connectivity index (χ3n) is 3.97. The molecule has 1 saturated heterocycles. The highest BCUT2D eigenvalue weighted by atomic mass is 35.5. The van der Waals surface area contributed by atoms with E-state index in [-0.39, 0.29) is 17.5 Å². The Morgan fingerprint density at radius 1 is 1.16 bits per heavy atom. The lowest BCUT2D eigenvalue weighted by atomic mass is 10.2. The van der Waals surface area contributed by atoms with E-state index in [9.17, 15) is 17.6 Å². The second kappa shape index (κ2) is 7.11. The summed E-state index contributed by atoms with van der Waals surface area (Å²) >= 11 is 5.64. The SMILES string of the molecule is O=C1CCCN1c1ccc(CNS(=O)(=O)c2ccc(Cl)cc2F)cc1. The smallest absolute Gasteiger partial charge is 0.243 e. The van der Waals surface area contributed by atoms with E-state index in [2.05, 4.69) is 4.72 Å². The lowest BCUT2D eigenvalue weighted by Gasteiger charge is -2.16. The van der Waals surface area contributed by atoms with Crippen molar-refractivity contribution in [1.82, 2.24) is 4.72 Å². The molecule has 2 aromatic carbocycles. The van der Waals surface area contributed by atoms with Gasteiger partial charge in [-0.15, -0.1) is 0 Å². The number of rotatable bonds is 5. The molecule has 2 aromatic rings. The first-order valence-corrected chi connectivity index (χ1v) is 9.57. The number of carbonyl (C=O) groups excluding carboxylic acids is 1. The molecular formula is C17H16ClFN2O3S. The van der Waals surface area contributed by atoms with Gasteiger partial charge in [-0.1, -0.05) is 23.7 Å². The number of halogens is 2. The van der Waals surface area contributed by atoms with Crippen LogP contribution in [-0.4, -0.2) is 20.9 Å². The Morgan fingerprint density at radius 2 is 1.88 bits per heavy atom. The third-order valence-corrected chi connectivity index (χ3v) is 5.64. The molecule has 0 saturated carbocycles. The Labute approximate surface area is 150 Å². The zero-order chi connectivity index (χ0) is 18.0. The number of hydrogen-bond acceptors (Lipinski definition) is 3. The van der Waals surface area contributed by atoms with E-state index < -0.39 is 20.7 Å². The molecule has 5 nitrogen and oxygen atoms in total. The summed E-state index contributed by atoms with van der Waals surface area (Å²) in [6, 6.07) is 10.4.